The highest BCUT2D eigenvalue weighted by molar-refractivity contribution is 5.86. The molecule has 2 heterocycles. The molecule has 0 saturated carbocycles. The number of aromatic amines is 1. The molecule has 0 saturated heterocycles. The Labute approximate surface area is 202 Å². The summed E-state index contributed by atoms with van der Waals surface area (Å²) in [4.78, 5) is 35.1. The maximum atomic E-state index is 12.4. The number of rotatable bonds is 6. The van der Waals surface area contributed by atoms with Gasteiger partial charge in [0.05, 0.1) is 11.0 Å². The molecule has 0 spiro atoms. The molecule has 2 aliphatic rings. The lowest BCUT2D eigenvalue weighted by molar-refractivity contribution is 0.604. The molecule has 2 aliphatic heterocycles. The van der Waals surface area contributed by atoms with Crippen LogP contribution in [0.3, 0.4) is 0 Å². The Balaban J connectivity index is 0.00000274. The molecule has 8 heteroatoms. The van der Waals surface area contributed by atoms with E-state index in [4.69, 9.17) is 0 Å². The van der Waals surface area contributed by atoms with Gasteiger partial charge < -0.3 is 9.88 Å². The van der Waals surface area contributed by atoms with Crippen LogP contribution in [0.15, 0.2) is 64.2 Å². The van der Waals surface area contributed by atoms with Crippen molar-refractivity contribution >= 4 is 34.2 Å². The standard InChI is InChI=1S/C26H25N5O2.ClH/c1-16-14-21-22(15-17(16)2)31(24-23(28-21)25(32)30-26(33)29-24)13-12-27-11-10-19-8-5-7-18-6-3-4-9-20(18)19;/h3-9,14-15,27H,10-13H2,1-2H3,(H,30,32,33);1H. The summed E-state index contributed by atoms with van der Waals surface area (Å²) in [6.07, 6.45) is 0.908. The van der Waals surface area contributed by atoms with Crippen molar-refractivity contribution in [1.29, 1.82) is 0 Å². The minimum atomic E-state index is -0.657. The van der Waals surface area contributed by atoms with Crippen LogP contribution in [-0.2, 0) is 13.0 Å². The van der Waals surface area contributed by atoms with E-state index in [2.05, 4.69) is 62.7 Å². The summed E-state index contributed by atoms with van der Waals surface area (Å²) in [7, 11) is 0. The average Bonchev–Trinajstić information content (AvgIpc) is 2.80. The Bertz CT molecular complexity index is 1570. The van der Waals surface area contributed by atoms with Crippen LogP contribution in [0.4, 0.5) is 0 Å². The number of fused-ring (bicyclic) bond motifs is 3. The van der Waals surface area contributed by atoms with Crippen LogP contribution < -0.4 is 16.6 Å². The number of aryl methyl sites for hydroxylation is 2. The summed E-state index contributed by atoms with van der Waals surface area (Å²) < 4.78 is 1.92. The third-order valence-electron chi connectivity index (χ3n) is 6.19. The molecule has 174 valence electrons. The van der Waals surface area contributed by atoms with E-state index < -0.39 is 11.2 Å². The van der Waals surface area contributed by atoms with Gasteiger partial charge in [-0.05, 0) is 66.4 Å². The number of hydrogen-bond acceptors (Lipinski definition) is 5. The molecule has 0 aromatic heterocycles. The van der Waals surface area contributed by atoms with Crippen LogP contribution in [0.2, 0.25) is 0 Å². The highest BCUT2D eigenvalue weighted by atomic mass is 35.5. The zero-order valence-corrected chi connectivity index (χ0v) is 19.9. The Morgan fingerprint density at radius 1 is 0.941 bits per heavy atom. The van der Waals surface area contributed by atoms with E-state index >= 15 is 0 Å². The lowest BCUT2D eigenvalue weighted by Crippen LogP contribution is -2.30. The van der Waals surface area contributed by atoms with Gasteiger partial charge in [0.1, 0.15) is 0 Å². The van der Waals surface area contributed by atoms with Gasteiger partial charge in [0, 0.05) is 13.1 Å². The molecule has 3 aromatic carbocycles. The summed E-state index contributed by atoms with van der Waals surface area (Å²) in [5, 5.41) is 6.02. The second-order valence-corrected chi connectivity index (χ2v) is 8.37. The SMILES string of the molecule is Cc1cc2nc3c(=O)[nH]c(=O)nc-3n(CCNCCc3cccc4ccccc34)c2cc1C.Cl. The van der Waals surface area contributed by atoms with Crippen molar-refractivity contribution in [3.8, 4) is 11.5 Å². The van der Waals surface area contributed by atoms with Crippen molar-refractivity contribution in [1.82, 2.24) is 24.8 Å². The highest BCUT2D eigenvalue weighted by Crippen LogP contribution is 2.23. The van der Waals surface area contributed by atoms with Gasteiger partial charge in [0.25, 0.3) is 5.56 Å². The van der Waals surface area contributed by atoms with Crippen molar-refractivity contribution in [3.63, 3.8) is 0 Å². The smallest absolute Gasteiger partial charge is 0.321 e. The molecule has 34 heavy (non-hydrogen) atoms. The van der Waals surface area contributed by atoms with Crippen LogP contribution in [0.5, 0.6) is 0 Å². The lowest BCUT2D eigenvalue weighted by atomic mass is 10.0. The topological polar surface area (TPSA) is 92.7 Å². The number of aromatic nitrogens is 4. The second-order valence-electron chi connectivity index (χ2n) is 8.37. The van der Waals surface area contributed by atoms with Gasteiger partial charge in [-0.1, -0.05) is 42.5 Å². The maximum Gasteiger partial charge on any atom is 0.349 e. The molecular formula is C26H26ClN5O2. The Morgan fingerprint density at radius 2 is 1.71 bits per heavy atom. The molecule has 0 atom stereocenters. The number of nitrogens with zero attached hydrogens (tertiary/aromatic N) is 3. The van der Waals surface area contributed by atoms with Crippen molar-refractivity contribution in [2.24, 2.45) is 0 Å². The number of hydrogen-bond donors (Lipinski definition) is 2. The molecule has 0 amide bonds. The van der Waals surface area contributed by atoms with Crippen LogP contribution in [-0.4, -0.2) is 32.6 Å². The summed E-state index contributed by atoms with van der Waals surface area (Å²) >= 11 is 0. The van der Waals surface area contributed by atoms with E-state index in [-0.39, 0.29) is 18.1 Å². The molecule has 5 rings (SSSR count). The first kappa shape index (κ1) is 23.6. The van der Waals surface area contributed by atoms with Gasteiger partial charge >= 0.3 is 5.69 Å². The predicted molar refractivity (Wildman–Crippen MR) is 138 cm³/mol. The Morgan fingerprint density at radius 3 is 2.56 bits per heavy atom. The van der Waals surface area contributed by atoms with Gasteiger partial charge in [-0.15, -0.1) is 12.4 Å². The third-order valence-corrected chi connectivity index (χ3v) is 6.19. The zero-order valence-electron chi connectivity index (χ0n) is 19.1. The first-order valence-corrected chi connectivity index (χ1v) is 11.1. The second kappa shape index (κ2) is 9.75. The fourth-order valence-corrected chi connectivity index (χ4v) is 4.33. The van der Waals surface area contributed by atoms with E-state index in [1.54, 1.807) is 0 Å². The molecule has 0 unspecified atom stereocenters. The van der Waals surface area contributed by atoms with Gasteiger partial charge in [-0.2, -0.15) is 4.98 Å². The zero-order chi connectivity index (χ0) is 22.9. The van der Waals surface area contributed by atoms with Crippen LogP contribution in [0.25, 0.3) is 33.3 Å². The molecule has 0 fully saturated rings. The molecule has 0 bridgehead atoms. The number of benzene rings is 3. The van der Waals surface area contributed by atoms with E-state index in [0.29, 0.717) is 24.4 Å². The number of H-pyrrole nitrogens is 1. The molecular weight excluding hydrogens is 450 g/mol. The van der Waals surface area contributed by atoms with Crippen LogP contribution >= 0.6 is 12.4 Å². The molecule has 0 radical (unpaired) electrons. The summed E-state index contributed by atoms with van der Waals surface area (Å²) in [5.41, 5.74) is 4.11. The van der Waals surface area contributed by atoms with E-state index in [9.17, 15) is 9.59 Å². The summed E-state index contributed by atoms with van der Waals surface area (Å²) in [5.74, 6) is 0.315. The molecule has 0 aliphatic carbocycles. The first-order chi connectivity index (χ1) is 16.0. The van der Waals surface area contributed by atoms with Gasteiger partial charge in [-0.25, -0.2) is 9.78 Å². The normalized spacial score (nSPS) is 11.2. The first-order valence-electron chi connectivity index (χ1n) is 11.1. The van der Waals surface area contributed by atoms with Crippen molar-refractivity contribution < 1.29 is 0 Å². The third kappa shape index (κ3) is 4.44. The maximum absolute atomic E-state index is 12.4. The minimum absolute atomic E-state index is 0. The van der Waals surface area contributed by atoms with Crippen molar-refractivity contribution in [3.05, 3.63) is 92.1 Å². The number of nitrogens with one attached hydrogen (secondary N) is 2. The van der Waals surface area contributed by atoms with E-state index in [0.717, 1.165) is 29.6 Å². The lowest BCUT2D eigenvalue weighted by Gasteiger charge is -2.18. The number of halogens is 1. The van der Waals surface area contributed by atoms with E-state index in [1.807, 2.05) is 30.5 Å². The Hall–Kier alpha value is -3.55. The van der Waals surface area contributed by atoms with Crippen LogP contribution in [0, 0.1) is 13.8 Å². The average molecular weight is 476 g/mol. The largest absolute Gasteiger partial charge is 0.349 e. The summed E-state index contributed by atoms with van der Waals surface area (Å²) in [6.45, 7) is 6.09. The molecule has 3 aromatic rings. The fourth-order valence-electron chi connectivity index (χ4n) is 4.33. The van der Waals surface area contributed by atoms with Crippen molar-refractivity contribution in [2.75, 3.05) is 13.1 Å². The van der Waals surface area contributed by atoms with Gasteiger partial charge in [0.15, 0.2) is 11.5 Å². The highest BCUT2D eigenvalue weighted by Gasteiger charge is 2.19. The predicted octanol–water partition coefficient (Wildman–Crippen LogP) is 3.61. The van der Waals surface area contributed by atoms with E-state index in [1.165, 1.54) is 16.3 Å². The monoisotopic (exact) mass is 475 g/mol. The Kier molecular flexibility index (Phi) is 6.77. The van der Waals surface area contributed by atoms with Crippen molar-refractivity contribution in [2.45, 2.75) is 26.8 Å². The fraction of sp³-hybridized carbons (Fsp3) is 0.231. The minimum Gasteiger partial charge on any atom is -0.321 e. The van der Waals surface area contributed by atoms with Crippen LogP contribution in [0.1, 0.15) is 16.7 Å². The van der Waals surface area contributed by atoms with Gasteiger partial charge in [-0.3, -0.25) is 9.78 Å². The molecule has 7 nitrogen and oxygen atoms in total. The van der Waals surface area contributed by atoms with Gasteiger partial charge in [0.2, 0.25) is 0 Å². The quantitative estimate of drug-likeness (QED) is 0.289. The summed E-state index contributed by atoms with van der Waals surface area (Å²) in [6, 6.07) is 18.8. The molecule has 2 N–H and O–H groups in total.